The maximum Gasteiger partial charge on any atom is 0.262 e. The molecule has 20 heavy (non-hydrogen) atoms. The van der Waals surface area contributed by atoms with E-state index in [1.165, 1.54) is 6.07 Å². The number of sulfonamides is 1. The highest BCUT2D eigenvalue weighted by molar-refractivity contribution is 7.92. The number of nitrogens with one attached hydrogen (secondary N) is 1. The van der Waals surface area contributed by atoms with Gasteiger partial charge in [-0.2, -0.15) is 0 Å². The van der Waals surface area contributed by atoms with Crippen molar-refractivity contribution in [3.8, 4) is 5.75 Å². The van der Waals surface area contributed by atoms with Crippen molar-refractivity contribution in [1.82, 2.24) is 0 Å². The molecule has 0 aliphatic rings. The van der Waals surface area contributed by atoms with Crippen molar-refractivity contribution in [1.29, 1.82) is 0 Å². The summed E-state index contributed by atoms with van der Waals surface area (Å²) in [7, 11) is -3.71. The molecule has 2 N–H and O–H groups in total. The molecule has 0 saturated carbocycles. The van der Waals surface area contributed by atoms with Crippen LogP contribution < -0.4 is 4.72 Å². The Morgan fingerprint density at radius 3 is 2.25 bits per heavy atom. The molecule has 0 unspecified atom stereocenters. The molecule has 0 amide bonds. The predicted octanol–water partition coefficient (Wildman–Crippen LogP) is 3.12. The van der Waals surface area contributed by atoms with Gasteiger partial charge in [0.1, 0.15) is 5.75 Å². The Morgan fingerprint density at radius 2 is 1.65 bits per heavy atom. The second kappa shape index (κ2) is 5.17. The van der Waals surface area contributed by atoms with Gasteiger partial charge in [-0.25, -0.2) is 8.42 Å². The fourth-order valence-corrected chi connectivity index (χ4v) is 3.09. The summed E-state index contributed by atoms with van der Waals surface area (Å²) >= 11 is 0. The Kier molecular flexibility index (Phi) is 3.72. The van der Waals surface area contributed by atoms with E-state index in [9.17, 15) is 13.5 Å². The maximum atomic E-state index is 12.3. The summed E-state index contributed by atoms with van der Waals surface area (Å²) in [6, 6.07) is 9.79. The van der Waals surface area contributed by atoms with Crippen molar-refractivity contribution in [2.75, 3.05) is 4.72 Å². The molecular formula is C15H17NO3S. The van der Waals surface area contributed by atoms with Gasteiger partial charge in [0.15, 0.2) is 0 Å². The maximum absolute atomic E-state index is 12.3. The molecule has 0 saturated heterocycles. The number of hydrogen-bond donors (Lipinski definition) is 2. The smallest absolute Gasteiger partial charge is 0.262 e. The van der Waals surface area contributed by atoms with E-state index in [0.717, 1.165) is 11.1 Å². The van der Waals surface area contributed by atoms with Crippen LogP contribution in [0.15, 0.2) is 41.3 Å². The summed E-state index contributed by atoms with van der Waals surface area (Å²) in [6.07, 6.45) is 0. The summed E-state index contributed by atoms with van der Waals surface area (Å²) in [6.45, 7) is 5.52. The molecule has 2 rings (SSSR count). The normalized spacial score (nSPS) is 11.3. The Hall–Kier alpha value is -2.01. The van der Waals surface area contributed by atoms with E-state index in [2.05, 4.69) is 4.72 Å². The average Bonchev–Trinajstić information content (AvgIpc) is 2.37. The van der Waals surface area contributed by atoms with Crippen LogP contribution in [-0.4, -0.2) is 13.5 Å². The largest absolute Gasteiger partial charge is 0.506 e. The highest BCUT2D eigenvalue weighted by atomic mass is 32.2. The van der Waals surface area contributed by atoms with E-state index < -0.39 is 10.0 Å². The van der Waals surface area contributed by atoms with E-state index in [-0.39, 0.29) is 16.3 Å². The molecular weight excluding hydrogens is 274 g/mol. The third-order valence-electron chi connectivity index (χ3n) is 3.28. The van der Waals surface area contributed by atoms with E-state index in [4.69, 9.17) is 0 Å². The van der Waals surface area contributed by atoms with Gasteiger partial charge in [0.05, 0.1) is 10.6 Å². The summed E-state index contributed by atoms with van der Waals surface area (Å²) in [5.41, 5.74) is 2.81. The minimum Gasteiger partial charge on any atom is -0.506 e. The first-order valence-corrected chi connectivity index (χ1v) is 7.68. The molecule has 0 atom stereocenters. The Balaban J connectivity index is 2.43. The molecule has 106 valence electrons. The van der Waals surface area contributed by atoms with Gasteiger partial charge in [0, 0.05) is 0 Å². The molecule has 0 aliphatic heterocycles. The number of phenols is 1. The molecule has 0 radical (unpaired) electrons. The first-order chi connectivity index (χ1) is 9.31. The topological polar surface area (TPSA) is 66.4 Å². The minimum atomic E-state index is -3.71. The van der Waals surface area contributed by atoms with Crippen molar-refractivity contribution >= 4 is 15.7 Å². The van der Waals surface area contributed by atoms with Crippen LogP contribution in [0.4, 0.5) is 5.69 Å². The molecule has 0 aromatic heterocycles. The fourth-order valence-electron chi connectivity index (χ4n) is 1.86. The Labute approximate surface area is 119 Å². The zero-order chi connectivity index (χ0) is 14.9. The quantitative estimate of drug-likeness (QED) is 0.854. The average molecular weight is 291 g/mol. The van der Waals surface area contributed by atoms with Crippen LogP contribution in [0.3, 0.4) is 0 Å². The molecule has 0 heterocycles. The van der Waals surface area contributed by atoms with Crippen LogP contribution in [0.5, 0.6) is 5.75 Å². The van der Waals surface area contributed by atoms with Gasteiger partial charge in [-0.1, -0.05) is 18.2 Å². The monoisotopic (exact) mass is 291 g/mol. The van der Waals surface area contributed by atoms with Gasteiger partial charge < -0.3 is 5.11 Å². The number of aromatic hydroxyl groups is 1. The number of benzene rings is 2. The van der Waals surface area contributed by atoms with Crippen LogP contribution in [0.25, 0.3) is 0 Å². The lowest BCUT2D eigenvalue weighted by atomic mass is 10.1. The molecule has 2 aromatic rings. The number of aryl methyl sites for hydroxylation is 3. The molecule has 4 nitrogen and oxygen atoms in total. The second-order valence-electron chi connectivity index (χ2n) is 4.82. The standard InChI is InChI=1S/C15H17NO3S/c1-10-7-8-13(9-12(10)3)20(18,19)16-15-11(2)5-4-6-14(15)17/h4-9,16-17H,1-3H3. The number of hydrogen-bond acceptors (Lipinski definition) is 3. The van der Waals surface area contributed by atoms with Crippen LogP contribution in [0, 0.1) is 20.8 Å². The van der Waals surface area contributed by atoms with E-state index in [0.29, 0.717) is 5.56 Å². The van der Waals surface area contributed by atoms with Crippen LogP contribution in [0.1, 0.15) is 16.7 Å². The molecule has 2 aromatic carbocycles. The molecule has 0 aliphatic carbocycles. The number of phenolic OH excluding ortho intramolecular Hbond substituents is 1. The van der Waals surface area contributed by atoms with Gasteiger partial charge in [-0.05, 0) is 55.7 Å². The van der Waals surface area contributed by atoms with Gasteiger partial charge in [0.2, 0.25) is 0 Å². The van der Waals surface area contributed by atoms with Gasteiger partial charge in [0.25, 0.3) is 10.0 Å². The molecule has 0 spiro atoms. The zero-order valence-electron chi connectivity index (χ0n) is 11.6. The summed E-state index contributed by atoms with van der Waals surface area (Å²) in [4.78, 5) is 0.184. The Morgan fingerprint density at radius 1 is 0.950 bits per heavy atom. The third kappa shape index (κ3) is 2.77. The summed E-state index contributed by atoms with van der Waals surface area (Å²) in [5.74, 6) is -0.0857. The molecule has 0 bridgehead atoms. The van der Waals surface area contributed by atoms with Gasteiger partial charge in [-0.3, -0.25) is 4.72 Å². The van der Waals surface area contributed by atoms with Crippen molar-refractivity contribution in [3.05, 3.63) is 53.1 Å². The van der Waals surface area contributed by atoms with Crippen molar-refractivity contribution in [2.45, 2.75) is 25.7 Å². The van der Waals surface area contributed by atoms with Crippen molar-refractivity contribution in [3.63, 3.8) is 0 Å². The zero-order valence-corrected chi connectivity index (χ0v) is 12.5. The van der Waals surface area contributed by atoms with Crippen LogP contribution >= 0.6 is 0 Å². The highest BCUT2D eigenvalue weighted by Gasteiger charge is 2.17. The van der Waals surface area contributed by atoms with Crippen molar-refractivity contribution in [2.24, 2.45) is 0 Å². The molecule has 5 heteroatoms. The van der Waals surface area contributed by atoms with E-state index in [1.54, 1.807) is 37.3 Å². The van der Waals surface area contributed by atoms with E-state index in [1.807, 2.05) is 13.8 Å². The lowest BCUT2D eigenvalue weighted by Gasteiger charge is -2.13. The SMILES string of the molecule is Cc1ccc(S(=O)(=O)Nc2c(C)cccc2O)cc1C. The lowest BCUT2D eigenvalue weighted by Crippen LogP contribution is -2.14. The number of para-hydroxylation sites is 1. The number of rotatable bonds is 3. The van der Waals surface area contributed by atoms with E-state index >= 15 is 0 Å². The minimum absolute atomic E-state index is 0.0857. The lowest BCUT2D eigenvalue weighted by molar-refractivity contribution is 0.477. The summed E-state index contributed by atoms with van der Waals surface area (Å²) < 4.78 is 27.1. The fraction of sp³-hybridized carbons (Fsp3) is 0.200. The third-order valence-corrected chi connectivity index (χ3v) is 4.62. The molecule has 0 fully saturated rings. The highest BCUT2D eigenvalue weighted by Crippen LogP contribution is 2.29. The van der Waals surface area contributed by atoms with Crippen molar-refractivity contribution < 1.29 is 13.5 Å². The van der Waals surface area contributed by atoms with Gasteiger partial charge >= 0.3 is 0 Å². The van der Waals surface area contributed by atoms with Crippen LogP contribution in [-0.2, 0) is 10.0 Å². The first kappa shape index (κ1) is 14.4. The van der Waals surface area contributed by atoms with Gasteiger partial charge in [-0.15, -0.1) is 0 Å². The Bertz CT molecular complexity index is 731. The van der Waals surface area contributed by atoms with Crippen LogP contribution in [0.2, 0.25) is 0 Å². The second-order valence-corrected chi connectivity index (χ2v) is 6.50. The number of anilines is 1. The summed E-state index contributed by atoms with van der Waals surface area (Å²) in [5, 5.41) is 9.77. The predicted molar refractivity (Wildman–Crippen MR) is 79.6 cm³/mol. The first-order valence-electron chi connectivity index (χ1n) is 6.20.